The number of H-pyrrole nitrogens is 1. The van der Waals surface area contributed by atoms with E-state index in [1.54, 1.807) is 6.33 Å². The molecule has 0 unspecified atom stereocenters. The highest BCUT2D eigenvalue weighted by Gasteiger charge is 2.38. The molecule has 3 aromatic heterocycles. The third-order valence-corrected chi connectivity index (χ3v) is 8.33. The summed E-state index contributed by atoms with van der Waals surface area (Å²) in [5.41, 5.74) is 2.06. The predicted octanol–water partition coefficient (Wildman–Crippen LogP) is 4.83. The number of aryl methyl sites for hydroxylation is 1. The molecule has 0 spiro atoms. The first-order chi connectivity index (χ1) is 18.3. The van der Waals surface area contributed by atoms with Gasteiger partial charge in [0, 0.05) is 36.5 Å². The van der Waals surface area contributed by atoms with Crippen molar-refractivity contribution in [3.8, 4) is 11.3 Å². The number of nitrogens with one attached hydrogen (secondary N) is 1. The van der Waals surface area contributed by atoms with Crippen LogP contribution in [0, 0.1) is 5.92 Å². The summed E-state index contributed by atoms with van der Waals surface area (Å²) in [6.45, 7) is 2.48. The summed E-state index contributed by atoms with van der Waals surface area (Å²) in [5, 5.41) is 26.0. The lowest BCUT2D eigenvalue weighted by Gasteiger charge is -2.43. The molecule has 11 heteroatoms. The lowest BCUT2D eigenvalue weighted by atomic mass is 9.72. The van der Waals surface area contributed by atoms with Gasteiger partial charge in [-0.15, -0.1) is 10.2 Å². The molecule has 0 radical (unpaired) electrons. The fourth-order valence-electron chi connectivity index (χ4n) is 5.89. The first-order valence-electron chi connectivity index (χ1n) is 13.0. The molecule has 2 aliphatic rings. The van der Waals surface area contributed by atoms with Gasteiger partial charge in [0.2, 0.25) is 0 Å². The largest absolute Gasteiger partial charge is 0.433 e. The second-order valence-electron chi connectivity index (χ2n) is 10.5. The van der Waals surface area contributed by atoms with Crippen LogP contribution in [-0.4, -0.2) is 59.1 Å². The van der Waals surface area contributed by atoms with Crippen molar-refractivity contribution in [2.24, 2.45) is 13.0 Å². The van der Waals surface area contributed by atoms with E-state index in [0.29, 0.717) is 29.1 Å². The van der Waals surface area contributed by atoms with Crippen LogP contribution in [0.4, 0.5) is 13.2 Å². The van der Waals surface area contributed by atoms with Gasteiger partial charge < -0.3 is 9.67 Å². The minimum absolute atomic E-state index is 0.0405. The molecule has 1 aromatic carbocycles. The third kappa shape index (κ3) is 4.17. The molecule has 1 aliphatic heterocycles. The van der Waals surface area contributed by atoms with Gasteiger partial charge in [-0.2, -0.15) is 18.3 Å². The zero-order valence-electron chi connectivity index (χ0n) is 21.3. The van der Waals surface area contributed by atoms with Gasteiger partial charge in [-0.25, -0.2) is 4.98 Å². The molecule has 2 fully saturated rings. The van der Waals surface area contributed by atoms with Gasteiger partial charge in [-0.3, -0.25) is 10.00 Å². The lowest BCUT2D eigenvalue weighted by Crippen LogP contribution is -2.51. The van der Waals surface area contributed by atoms with E-state index < -0.39 is 17.9 Å². The number of fused-ring (bicyclic) bond motifs is 1. The molecule has 6 rings (SSSR count). The van der Waals surface area contributed by atoms with E-state index in [2.05, 4.69) is 25.4 Å². The van der Waals surface area contributed by atoms with E-state index in [0.717, 1.165) is 42.3 Å². The first-order valence-corrected chi connectivity index (χ1v) is 13.0. The number of halogens is 3. The average Bonchev–Trinajstić information content (AvgIpc) is 3.45. The average molecular weight is 526 g/mol. The number of nitrogens with zero attached hydrogens (tertiary/aromatic N) is 6. The summed E-state index contributed by atoms with van der Waals surface area (Å²) >= 11 is 0. The number of benzene rings is 1. The number of aliphatic hydroxyl groups is 1. The number of aromatic nitrogens is 6. The van der Waals surface area contributed by atoms with Gasteiger partial charge in [-0.1, -0.05) is 24.6 Å². The second-order valence-corrected chi connectivity index (χ2v) is 10.5. The molecule has 1 saturated heterocycles. The van der Waals surface area contributed by atoms with Crippen molar-refractivity contribution >= 4 is 10.9 Å². The van der Waals surface area contributed by atoms with Crippen molar-refractivity contribution in [3.05, 3.63) is 59.4 Å². The van der Waals surface area contributed by atoms with Crippen molar-refractivity contribution in [3.63, 3.8) is 0 Å². The summed E-state index contributed by atoms with van der Waals surface area (Å²) in [6.07, 6.45) is 1.26. The van der Waals surface area contributed by atoms with Crippen LogP contribution in [-0.2, 0) is 13.2 Å². The number of alkyl halides is 3. The normalized spacial score (nSPS) is 20.3. The van der Waals surface area contributed by atoms with Gasteiger partial charge in [0.15, 0.2) is 0 Å². The fraction of sp³-hybridized carbons (Fsp3) is 0.481. The smallest absolute Gasteiger partial charge is 0.395 e. The van der Waals surface area contributed by atoms with E-state index in [9.17, 15) is 18.3 Å². The Balaban J connectivity index is 1.46. The zero-order valence-corrected chi connectivity index (χ0v) is 21.3. The molecule has 8 nitrogen and oxygen atoms in total. The standard InChI is InChI=1S/C27H30F3N7O/c1-15(37-10-9-19(37)13-38)23-25-20(12-21(32-23)27(28,29)30)24(33-34-25)18-8-4-7-17(11-18)22(16-5-3-6-16)26-35-31-14-36(26)2/h4,7-8,11-12,14-16,19,22,38H,3,5-6,9-10,13H2,1-2H3,(H,33,34)/t15-,19+,22-/m1/s1. The Kier molecular flexibility index (Phi) is 6.22. The molecule has 1 aliphatic carbocycles. The van der Waals surface area contributed by atoms with Crippen LogP contribution in [0.15, 0.2) is 36.7 Å². The number of likely N-dealkylation sites (tertiary alicyclic amines) is 1. The molecule has 4 aromatic rings. The minimum Gasteiger partial charge on any atom is -0.395 e. The van der Waals surface area contributed by atoms with Crippen LogP contribution in [0.2, 0.25) is 0 Å². The van der Waals surface area contributed by atoms with Gasteiger partial charge in [-0.05, 0) is 49.8 Å². The quantitative estimate of drug-likeness (QED) is 0.359. The maximum atomic E-state index is 14.0. The topological polar surface area (TPSA) is 95.8 Å². The Labute approximate surface area is 217 Å². The number of pyridine rings is 1. The van der Waals surface area contributed by atoms with Gasteiger partial charge in [0.05, 0.1) is 23.9 Å². The predicted molar refractivity (Wildman–Crippen MR) is 135 cm³/mol. The molecule has 0 bridgehead atoms. The van der Waals surface area contributed by atoms with E-state index in [1.807, 2.05) is 47.7 Å². The molecule has 2 N–H and O–H groups in total. The molecular formula is C27H30F3N7O. The first kappa shape index (κ1) is 25.0. The van der Waals surface area contributed by atoms with Gasteiger partial charge in [0.25, 0.3) is 0 Å². The lowest BCUT2D eigenvalue weighted by molar-refractivity contribution is -0.141. The number of aliphatic hydroxyl groups excluding tert-OH is 1. The Hall–Kier alpha value is -3.31. The number of hydrogen-bond donors (Lipinski definition) is 2. The summed E-state index contributed by atoms with van der Waals surface area (Å²) < 4.78 is 43.9. The summed E-state index contributed by atoms with van der Waals surface area (Å²) in [7, 11) is 1.93. The molecule has 4 heterocycles. The van der Waals surface area contributed by atoms with Crippen LogP contribution in [0.25, 0.3) is 22.2 Å². The minimum atomic E-state index is -4.61. The third-order valence-electron chi connectivity index (χ3n) is 8.33. The highest BCUT2D eigenvalue weighted by molar-refractivity contribution is 5.94. The maximum absolute atomic E-state index is 14.0. The SMILES string of the molecule is C[C@H](c1nc(C(F)(F)F)cc2c(-c3cccc([C@H](c4nncn4C)C4CCC4)c3)n[nH]c12)N1CC[C@H]1CO. The van der Waals surface area contributed by atoms with Crippen molar-refractivity contribution in [1.82, 2.24) is 34.8 Å². The van der Waals surface area contributed by atoms with Crippen molar-refractivity contribution < 1.29 is 18.3 Å². The summed E-state index contributed by atoms with van der Waals surface area (Å²) in [5.74, 6) is 1.37. The second kappa shape index (κ2) is 9.46. The highest BCUT2D eigenvalue weighted by Crippen LogP contribution is 2.44. The summed E-state index contributed by atoms with van der Waals surface area (Å²) in [6, 6.07) is 8.45. The van der Waals surface area contributed by atoms with Crippen molar-refractivity contribution in [2.45, 2.75) is 56.8 Å². The van der Waals surface area contributed by atoms with E-state index >= 15 is 0 Å². The Morgan fingerprint density at radius 3 is 2.61 bits per heavy atom. The van der Waals surface area contributed by atoms with Crippen molar-refractivity contribution in [2.75, 3.05) is 13.2 Å². The van der Waals surface area contributed by atoms with E-state index in [4.69, 9.17) is 0 Å². The molecule has 38 heavy (non-hydrogen) atoms. The van der Waals surface area contributed by atoms with Gasteiger partial charge >= 0.3 is 6.18 Å². The molecule has 1 saturated carbocycles. The molecule has 0 amide bonds. The number of rotatable bonds is 7. The molecule has 3 atom stereocenters. The van der Waals surface area contributed by atoms with Crippen LogP contribution < -0.4 is 0 Å². The Morgan fingerprint density at radius 2 is 2.00 bits per heavy atom. The molecular weight excluding hydrogens is 495 g/mol. The maximum Gasteiger partial charge on any atom is 0.433 e. The van der Waals surface area contributed by atoms with Crippen LogP contribution in [0.3, 0.4) is 0 Å². The highest BCUT2D eigenvalue weighted by atomic mass is 19.4. The molecule has 200 valence electrons. The van der Waals surface area contributed by atoms with Crippen LogP contribution in [0.5, 0.6) is 0 Å². The zero-order chi connectivity index (χ0) is 26.6. The Bertz CT molecular complexity index is 1460. The Morgan fingerprint density at radius 1 is 1.18 bits per heavy atom. The fourth-order valence-corrected chi connectivity index (χ4v) is 5.89. The van der Waals surface area contributed by atoms with Gasteiger partial charge in [0.1, 0.15) is 23.5 Å². The van der Waals surface area contributed by atoms with Crippen LogP contribution >= 0.6 is 0 Å². The van der Waals surface area contributed by atoms with Crippen LogP contribution in [0.1, 0.15) is 67.3 Å². The number of aromatic amines is 1. The summed E-state index contributed by atoms with van der Waals surface area (Å²) in [4.78, 5) is 6.02. The van der Waals surface area contributed by atoms with E-state index in [-0.39, 0.29) is 24.3 Å². The number of hydrogen-bond acceptors (Lipinski definition) is 6. The van der Waals surface area contributed by atoms with Crippen molar-refractivity contribution in [1.29, 1.82) is 0 Å². The van der Waals surface area contributed by atoms with E-state index in [1.165, 1.54) is 6.42 Å². The monoisotopic (exact) mass is 525 g/mol.